The molecule has 3 N–H and O–H groups in total. The quantitative estimate of drug-likeness (QED) is 0.544. The number of allylic oxidation sites excluding steroid dienone is 2. The predicted molar refractivity (Wildman–Crippen MR) is 114 cm³/mol. The fourth-order valence-electron chi connectivity index (χ4n) is 4.25. The largest absolute Gasteiger partial charge is 0.349 e. The number of carbonyl (C=O) groups is 1. The minimum Gasteiger partial charge on any atom is -0.349 e. The number of nitrogens with one attached hydrogen (secondary N) is 3. The summed E-state index contributed by atoms with van der Waals surface area (Å²) in [7, 11) is 0. The van der Waals surface area contributed by atoms with Gasteiger partial charge in [0.05, 0.1) is 6.34 Å². The number of anilines is 1. The highest BCUT2D eigenvalue weighted by Gasteiger charge is 2.39. The summed E-state index contributed by atoms with van der Waals surface area (Å²) in [5.74, 6) is 0.956. The number of aliphatic imine (C=N–C) groups is 1. The number of aromatic nitrogens is 1. The Balaban J connectivity index is 1.68. The maximum atomic E-state index is 12.0. The third-order valence-electron chi connectivity index (χ3n) is 5.65. The van der Waals surface area contributed by atoms with Crippen LogP contribution in [0.2, 0.25) is 0 Å². The van der Waals surface area contributed by atoms with Crippen molar-refractivity contribution < 1.29 is 4.79 Å². The molecule has 0 bridgehead atoms. The van der Waals surface area contributed by atoms with Gasteiger partial charge >= 0.3 is 0 Å². The van der Waals surface area contributed by atoms with E-state index in [1.807, 2.05) is 13.0 Å². The number of benzene rings is 1. The Hall–Kier alpha value is -3.08. The first-order valence-corrected chi connectivity index (χ1v) is 9.82. The maximum Gasteiger partial charge on any atom is 0.243 e. The van der Waals surface area contributed by atoms with Crippen LogP contribution >= 0.6 is 0 Å². The van der Waals surface area contributed by atoms with Gasteiger partial charge in [-0.3, -0.25) is 9.79 Å². The molecule has 1 aliphatic heterocycles. The van der Waals surface area contributed by atoms with Crippen molar-refractivity contribution in [2.45, 2.75) is 44.7 Å². The van der Waals surface area contributed by atoms with Gasteiger partial charge in [-0.2, -0.15) is 0 Å². The first kappa shape index (κ1) is 18.3. The molecule has 5 nitrogen and oxygen atoms in total. The summed E-state index contributed by atoms with van der Waals surface area (Å²) in [5.41, 5.74) is 4.27. The standard InChI is InChI=1S/C23H26N4O/c1-3-8-20(28)27-18-12-7-11-17(13-18)23(2)21-19(16-9-5-4-6-10-16)14-24-22(21)25-15-26-23/h3-6,8-11,14-15,18,24H,7,12-13H2,1-2H3,(H,25,26)(H,27,28)/b8-3+. The molecule has 2 heterocycles. The Morgan fingerprint density at radius 3 is 2.93 bits per heavy atom. The van der Waals surface area contributed by atoms with Gasteiger partial charge < -0.3 is 15.6 Å². The third kappa shape index (κ3) is 3.28. The van der Waals surface area contributed by atoms with Crippen molar-refractivity contribution in [2.24, 2.45) is 4.99 Å². The Labute approximate surface area is 165 Å². The smallest absolute Gasteiger partial charge is 0.243 e. The minimum absolute atomic E-state index is 0.0278. The SMILES string of the molecule is C/C=C/C(=O)NC1CCC=C(C2(C)N=CNc3[nH]cc(-c4ccccc4)c32)C1. The summed E-state index contributed by atoms with van der Waals surface area (Å²) < 4.78 is 0. The van der Waals surface area contributed by atoms with Crippen molar-refractivity contribution in [1.82, 2.24) is 10.3 Å². The number of aromatic amines is 1. The van der Waals surface area contributed by atoms with E-state index in [0.717, 1.165) is 36.2 Å². The summed E-state index contributed by atoms with van der Waals surface area (Å²) in [6.45, 7) is 4.03. The highest BCUT2D eigenvalue weighted by atomic mass is 16.1. The number of nitrogens with zero attached hydrogens (tertiary/aromatic N) is 1. The van der Waals surface area contributed by atoms with Gasteiger partial charge in [-0.1, -0.05) is 42.5 Å². The average Bonchev–Trinajstić information content (AvgIpc) is 3.15. The number of hydrogen-bond acceptors (Lipinski definition) is 3. The lowest BCUT2D eigenvalue weighted by atomic mass is 9.76. The molecule has 2 atom stereocenters. The Bertz CT molecular complexity index is 954. The van der Waals surface area contributed by atoms with Gasteiger partial charge in [0.15, 0.2) is 0 Å². The molecule has 144 valence electrons. The zero-order valence-corrected chi connectivity index (χ0v) is 16.3. The van der Waals surface area contributed by atoms with Crippen molar-refractivity contribution in [3.05, 3.63) is 65.9 Å². The predicted octanol–water partition coefficient (Wildman–Crippen LogP) is 4.52. The zero-order valence-electron chi connectivity index (χ0n) is 16.3. The number of rotatable bonds is 4. The lowest BCUT2D eigenvalue weighted by molar-refractivity contribution is -0.117. The van der Waals surface area contributed by atoms with Gasteiger partial charge in [0.2, 0.25) is 5.91 Å². The second-order valence-corrected chi connectivity index (χ2v) is 7.51. The Morgan fingerprint density at radius 1 is 1.32 bits per heavy atom. The van der Waals surface area contributed by atoms with Crippen LogP contribution in [0.15, 0.2) is 65.3 Å². The van der Waals surface area contributed by atoms with E-state index in [-0.39, 0.29) is 11.9 Å². The van der Waals surface area contributed by atoms with E-state index in [1.165, 1.54) is 11.1 Å². The highest BCUT2D eigenvalue weighted by molar-refractivity contribution is 5.88. The molecule has 2 unspecified atom stereocenters. The molecule has 1 aliphatic carbocycles. The normalized spacial score (nSPS) is 23.8. The van der Waals surface area contributed by atoms with Gasteiger partial charge in [0, 0.05) is 23.4 Å². The lowest BCUT2D eigenvalue weighted by Gasteiger charge is -2.36. The Morgan fingerprint density at radius 2 is 2.14 bits per heavy atom. The molecule has 0 saturated heterocycles. The molecule has 1 amide bonds. The molecular formula is C23H26N4O. The molecule has 0 saturated carbocycles. The van der Waals surface area contributed by atoms with E-state index in [0.29, 0.717) is 0 Å². The van der Waals surface area contributed by atoms with Crippen molar-refractivity contribution in [2.75, 3.05) is 5.32 Å². The summed E-state index contributed by atoms with van der Waals surface area (Å²) >= 11 is 0. The number of H-pyrrole nitrogens is 1. The minimum atomic E-state index is -0.463. The Kier molecular flexibility index (Phi) is 4.90. The summed E-state index contributed by atoms with van der Waals surface area (Å²) in [4.78, 5) is 20.3. The van der Waals surface area contributed by atoms with Crippen LogP contribution in [-0.4, -0.2) is 23.3 Å². The first-order valence-electron chi connectivity index (χ1n) is 9.82. The van der Waals surface area contributed by atoms with Crippen molar-refractivity contribution >= 4 is 18.1 Å². The monoisotopic (exact) mass is 374 g/mol. The van der Waals surface area contributed by atoms with Crippen LogP contribution in [-0.2, 0) is 10.3 Å². The molecule has 1 aromatic carbocycles. The van der Waals surface area contributed by atoms with Gasteiger partial charge in [-0.25, -0.2) is 0 Å². The number of fused-ring (bicyclic) bond motifs is 1. The maximum absolute atomic E-state index is 12.0. The average molecular weight is 374 g/mol. The summed E-state index contributed by atoms with van der Waals surface area (Å²) in [6, 6.07) is 10.5. The fourth-order valence-corrected chi connectivity index (χ4v) is 4.25. The number of hydrogen-bond donors (Lipinski definition) is 3. The van der Waals surface area contributed by atoms with E-state index < -0.39 is 5.54 Å². The zero-order chi connectivity index (χ0) is 19.6. The van der Waals surface area contributed by atoms with Crippen LogP contribution in [0.25, 0.3) is 11.1 Å². The topological polar surface area (TPSA) is 69.3 Å². The number of carbonyl (C=O) groups excluding carboxylic acids is 1. The van der Waals surface area contributed by atoms with Crippen molar-refractivity contribution in [3.63, 3.8) is 0 Å². The van der Waals surface area contributed by atoms with Crippen molar-refractivity contribution in [1.29, 1.82) is 0 Å². The highest BCUT2D eigenvalue weighted by Crippen LogP contribution is 2.47. The molecule has 4 rings (SSSR count). The van der Waals surface area contributed by atoms with Crippen LogP contribution in [0.5, 0.6) is 0 Å². The molecule has 0 fully saturated rings. The van der Waals surface area contributed by atoms with E-state index in [1.54, 1.807) is 18.5 Å². The van der Waals surface area contributed by atoms with Crippen LogP contribution in [0, 0.1) is 0 Å². The fraction of sp³-hybridized carbons (Fsp3) is 0.304. The van der Waals surface area contributed by atoms with E-state index >= 15 is 0 Å². The van der Waals surface area contributed by atoms with Gasteiger partial charge in [0.1, 0.15) is 11.4 Å². The van der Waals surface area contributed by atoms with E-state index in [2.05, 4.69) is 59.1 Å². The lowest BCUT2D eigenvalue weighted by Crippen LogP contribution is -2.39. The molecule has 1 aromatic heterocycles. The van der Waals surface area contributed by atoms with Crippen LogP contribution in [0.4, 0.5) is 5.82 Å². The van der Waals surface area contributed by atoms with Gasteiger partial charge in [-0.05, 0) is 50.3 Å². The first-order chi connectivity index (χ1) is 13.6. The molecule has 2 aromatic rings. The molecule has 28 heavy (non-hydrogen) atoms. The van der Waals surface area contributed by atoms with E-state index in [9.17, 15) is 4.79 Å². The van der Waals surface area contributed by atoms with Gasteiger partial charge in [-0.15, -0.1) is 0 Å². The number of amides is 1. The molecule has 0 radical (unpaired) electrons. The van der Waals surface area contributed by atoms with Gasteiger partial charge in [0.25, 0.3) is 0 Å². The molecule has 5 heteroatoms. The summed E-state index contributed by atoms with van der Waals surface area (Å²) in [5, 5.41) is 6.38. The molecule has 2 aliphatic rings. The van der Waals surface area contributed by atoms with E-state index in [4.69, 9.17) is 4.99 Å². The molecule has 0 spiro atoms. The van der Waals surface area contributed by atoms with Crippen LogP contribution in [0.1, 0.15) is 38.7 Å². The molecular weight excluding hydrogens is 348 g/mol. The van der Waals surface area contributed by atoms with Crippen molar-refractivity contribution in [3.8, 4) is 11.1 Å². The summed E-state index contributed by atoms with van der Waals surface area (Å²) in [6.07, 6.45) is 12.2. The second kappa shape index (κ2) is 7.50. The van der Waals surface area contributed by atoms with Crippen LogP contribution < -0.4 is 10.6 Å². The third-order valence-corrected chi connectivity index (χ3v) is 5.65. The second-order valence-electron chi connectivity index (χ2n) is 7.51. The van der Waals surface area contributed by atoms with Crippen LogP contribution in [0.3, 0.4) is 0 Å².